The number of fused-ring (bicyclic) bond motifs is 5. The second-order valence-corrected chi connectivity index (χ2v) is 6.40. The molecule has 86 valence electrons. The fraction of sp³-hybridized carbons (Fsp3) is 1.00. The molecule has 0 saturated heterocycles. The van der Waals surface area contributed by atoms with Crippen LogP contribution in [0.5, 0.6) is 0 Å². The highest BCUT2D eigenvalue weighted by atomic mass is 14.8. The highest BCUT2D eigenvalue weighted by molar-refractivity contribution is 5.12. The molecule has 0 radical (unpaired) electrons. The molecule has 0 aromatic carbocycles. The van der Waals surface area contributed by atoms with Crippen molar-refractivity contribution < 1.29 is 0 Å². The molecule has 0 aliphatic heterocycles. The maximum absolute atomic E-state index is 6.69. The Morgan fingerprint density at radius 1 is 1.27 bits per heavy atom. The summed E-state index contributed by atoms with van der Waals surface area (Å²) in [6, 6.07) is 0. The number of hydrogen-bond acceptors (Lipinski definition) is 1. The van der Waals surface area contributed by atoms with Crippen molar-refractivity contribution in [3.63, 3.8) is 0 Å². The molecule has 0 aromatic rings. The third kappa shape index (κ3) is 1.39. The van der Waals surface area contributed by atoms with E-state index in [0.717, 1.165) is 23.7 Å². The molecule has 0 spiro atoms. The van der Waals surface area contributed by atoms with Crippen LogP contribution in [0.4, 0.5) is 0 Å². The Hall–Kier alpha value is -0.0400. The fourth-order valence-electron chi connectivity index (χ4n) is 5.11. The van der Waals surface area contributed by atoms with E-state index < -0.39 is 0 Å². The molecule has 2 N–H and O–H groups in total. The van der Waals surface area contributed by atoms with Crippen LogP contribution in [-0.4, -0.2) is 5.54 Å². The molecule has 3 fully saturated rings. The van der Waals surface area contributed by atoms with Crippen molar-refractivity contribution in [1.29, 1.82) is 0 Å². The van der Waals surface area contributed by atoms with Gasteiger partial charge in [-0.2, -0.15) is 0 Å². The van der Waals surface area contributed by atoms with Crippen LogP contribution >= 0.6 is 0 Å². The molecule has 3 rings (SSSR count). The van der Waals surface area contributed by atoms with Gasteiger partial charge in [0.2, 0.25) is 0 Å². The predicted molar refractivity (Wildman–Crippen MR) is 63.5 cm³/mol. The van der Waals surface area contributed by atoms with Crippen molar-refractivity contribution >= 4 is 0 Å². The first-order valence-corrected chi connectivity index (χ1v) is 7.03. The summed E-state index contributed by atoms with van der Waals surface area (Å²) < 4.78 is 0. The van der Waals surface area contributed by atoms with Crippen LogP contribution in [0.3, 0.4) is 0 Å². The lowest BCUT2D eigenvalue weighted by molar-refractivity contribution is 0.146. The maximum Gasteiger partial charge on any atom is 0.0188 e. The van der Waals surface area contributed by atoms with E-state index in [-0.39, 0.29) is 5.54 Å². The molecule has 3 saturated carbocycles. The summed E-state index contributed by atoms with van der Waals surface area (Å²) in [5.41, 5.74) is 6.94. The van der Waals surface area contributed by atoms with Crippen LogP contribution < -0.4 is 5.73 Å². The second-order valence-electron chi connectivity index (χ2n) is 6.40. The van der Waals surface area contributed by atoms with E-state index in [1.165, 1.54) is 51.4 Å². The molecule has 0 aromatic heterocycles. The van der Waals surface area contributed by atoms with Crippen LogP contribution in [0.25, 0.3) is 0 Å². The Bertz CT molecular complexity index is 250. The summed E-state index contributed by atoms with van der Waals surface area (Å²) >= 11 is 0. The summed E-state index contributed by atoms with van der Waals surface area (Å²) in [6.45, 7) is 2.29. The van der Waals surface area contributed by atoms with Gasteiger partial charge in [-0.25, -0.2) is 0 Å². The lowest BCUT2D eigenvalue weighted by Crippen LogP contribution is -2.49. The molecule has 1 nitrogen and oxygen atoms in total. The molecule has 15 heavy (non-hydrogen) atoms. The molecule has 3 aliphatic rings. The Kier molecular flexibility index (Phi) is 2.35. The molecular weight excluding hydrogens is 182 g/mol. The molecule has 2 bridgehead atoms. The maximum atomic E-state index is 6.69. The van der Waals surface area contributed by atoms with Crippen LogP contribution in [0, 0.1) is 23.7 Å². The van der Waals surface area contributed by atoms with Crippen LogP contribution in [0.1, 0.15) is 58.3 Å². The zero-order chi connectivity index (χ0) is 10.5. The van der Waals surface area contributed by atoms with Gasteiger partial charge in [-0.3, -0.25) is 0 Å². The standard InChI is InChI=1S/C14H25N/c1-2-3-7-14(15)9-10-8-13(14)12-6-4-5-11(10)12/h10-13H,2-9,15H2,1H3. The van der Waals surface area contributed by atoms with Gasteiger partial charge in [0.25, 0.3) is 0 Å². The summed E-state index contributed by atoms with van der Waals surface area (Å²) in [4.78, 5) is 0. The highest BCUT2D eigenvalue weighted by Gasteiger charge is 2.58. The molecule has 5 atom stereocenters. The van der Waals surface area contributed by atoms with Crippen LogP contribution in [0.2, 0.25) is 0 Å². The van der Waals surface area contributed by atoms with Gasteiger partial charge in [0, 0.05) is 5.54 Å². The summed E-state index contributed by atoms with van der Waals surface area (Å²) in [5, 5.41) is 0. The minimum atomic E-state index is 0.256. The Balaban J connectivity index is 1.74. The quantitative estimate of drug-likeness (QED) is 0.754. The Morgan fingerprint density at radius 3 is 2.87 bits per heavy atom. The average Bonchev–Trinajstić information content (AvgIpc) is 2.84. The van der Waals surface area contributed by atoms with Crippen LogP contribution in [-0.2, 0) is 0 Å². The zero-order valence-corrected chi connectivity index (χ0v) is 10.0. The molecule has 1 heteroatoms. The highest BCUT2D eigenvalue weighted by Crippen LogP contribution is 2.62. The fourth-order valence-corrected chi connectivity index (χ4v) is 5.11. The van der Waals surface area contributed by atoms with Gasteiger partial charge in [0.1, 0.15) is 0 Å². The van der Waals surface area contributed by atoms with Crippen molar-refractivity contribution in [2.24, 2.45) is 29.4 Å². The van der Waals surface area contributed by atoms with Gasteiger partial charge in [0.05, 0.1) is 0 Å². The summed E-state index contributed by atoms with van der Waals surface area (Å²) in [6.07, 6.45) is 11.3. The van der Waals surface area contributed by atoms with E-state index in [1.807, 2.05) is 0 Å². The van der Waals surface area contributed by atoms with Gasteiger partial charge in [-0.05, 0) is 55.8 Å². The third-order valence-electron chi connectivity index (χ3n) is 5.68. The monoisotopic (exact) mass is 207 g/mol. The van der Waals surface area contributed by atoms with E-state index >= 15 is 0 Å². The molecule has 5 unspecified atom stereocenters. The normalized spacial score (nSPS) is 52.4. The van der Waals surface area contributed by atoms with Crippen molar-refractivity contribution in [1.82, 2.24) is 0 Å². The molecule has 3 aliphatic carbocycles. The van der Waals surface area contributed by atoms with E-state index in [0.29, 0.717) is 0 Å². The first-order chi connectivity index (χ1) is 7.24. The number of nitrogens with two attached hydrogens (primary N) is 1. The van der Waals surface area contributed by atoms with Crippen molar-refractivity contribution in [3.05, 3.63) is 0 Å². The summed E-state index contributed by atoms with van der Waals surface area (Å²) in [7, 11) is 0. The van der Waals surface area contributed by atoms with Crippen molar-refractivity contribution in [2.75, 3.05) is 0 Å². The average molecular weight is 207 g/mol. The zero-order valence-electron chi connectivity index (χ0n) is 10.0. The number of unbranched alkanes of at least 4 members (excludes halogenated alkanes) is 1. The third-order valence-corrected chi connectivity index (χ3v) is 5.68. The van der Waals surface area contributed by atoms with Gasteiger partial charge in [-0.15, -0.1) is 0 Å². The van der Waals surface area contributed by atoms with Gasteiger partial charge >= 0.3 is 0 Å². The molecule has 0 heterocycles. The van der Waals surface area contributed by atoms with Crippen molar-refractivity contribution in [2.45, 2.75) is 63.8 Å². The Labute approximate surface area is 93.8 Å². The first kappa shape index (κ1) is 10.1. The Morgan fingerprint density at radius 2 is 2.07 bits per heavy atom. The molecular formula is C14H25N. The van der Waals surface area contributed by atoms with E-state index in [2.05, 4.69) is 6.92 Å². The lowest BCUT2D eigenvalue weighted by Gasteiger charge is -2.40. The first-order valence-electron chi connectivity index (χ1n) is 7.03. The van der Waals surface area contributed by atoms with Crippen LogP contribution in [0.15, 0.2) is 0 Å². The lowest BCUT2D eigenvalue weighted by atomic mass is 9.69. The van der Waals surface area contributed by atoms with E-state index in [4.69, 9.17) is 5.73 Å². The van der Waals surface area contributed by atoms with E-state index in [9.17, 15) is 0 Å². The predicted octanol–water partition coefficient (Wildman–Crippen LogP) is 3.33. The van der Waals surface area contributed by atoms with Gasteiger partial charge < -0.3 is 5.73 Å². The van der Waals surface area contributed by atoms with Crippen molar-refractivity contribution in [3.8, 4) is 0 Å². The topological polar surface area (TPSA) is 26.0 Å². The largest absolute Gasteiger partial charge is 0.325 e. The van der Waals surface area contributed by atoms with E-state index in [1.54, 1.807) is 0 Å². The summed E-state index contributed by atoms with van der Waals surface area (Å²) in [5.74, 6) is 4.05. The SMILES string of the molecule is CCCCC1(N)CC2CC1C1CCCC21. The molecule has 0 amide bonds. The van der Waals surface area contributed by atoms with Gasteiger partial charge in [-0.1, -0.05) is 26.2 Å². The van der Waals surface area contributed by atoms with Gasteiger partial charge in [0.15, 0.2) is 0 Å². The minimum absolute atomic E-state index is 0.256. The number of hydrogen-bond donors (Lipinski definition) is 1. The minimum Gasteiger partial charge on any atom is -0.325 e. The second kappa shape index (κ2) is 3.48. The smallest absolute Gasteiger partial charge is 0.0188 e. The number of rotatable bonds is 3.